The Kier molecular flexibility index (Phi) is 60.5. The average molecular weight is 1090 g/mol. The van der Waals surface area contributed by atoms with Gasteiger partial charge in [-0.3, -0.25) is 18.6 Å². The van der Waals surface area contributed by atoms with E-state index < -0.39 is 26.5 Å². The molecule has 2 atom stereocenters. The van der Waals surface area contributed by atoms with Gasteiger partial charge in [0.1, 0.15) is 6.61 Å². The Bertz CT molecular complexity index is 1380. The molecule has 0 bridgehead atoms. The van der Waals surface area contributed by atoms with Crippen LogP contribution in [0.2, 0.25) is 0 Å². The molecule has 2 unspecified atom stereocenters. The van der Waals surface area contributed by atoms with Crippen molar-refractivity contribution in [3.8, 4) is 0 Å². The van der Waals surface area contributed by atoms with E-state index in [1.807, 2.05) is 0 Å². The van der Waals surface area contributed by atoms with E-state index in [4.69, 9.17) is 24.3 Å². The summed E-state index contributed by atoms with van der Waals surface area (Å²) in [6.45, 7) is 3.77. The van der Waals surface area contributed by atoms with Gasteiger partial charge < -0.3 is 20.1 Å². The van der Waals surface area contributed by atoms with Crippen molar-refractivity contribution >= 4 is 19.8 Å². The topological polar surface area (TPSA) is 134 Å². The van der Waals surface area contributed by atoms with Gasteiger partial charge in [-0.2, -0.15) is 0 Å². The van der Waals surface area contributed by atoms with Crippen molar-refractivity contribution in [3.63, 3.8) is 0 Å². The SMILES string of the molecule is CCCCCCC/C=C\C/C=C\C/C=C\CCCCCCCCCCCCCCCCCCCCCCCCC(=O)OC(COC(=O)CCCCCCCCC/C=C\CCCCCCCCC)COP(=O)(O)OCCN. The molecule has 3 N–H and O–H groups in total. The summed E-state index contributed by atoms with van der Waals surface area (Å²) >= 11 is 0. The van der Waals surface area contributed by atoms with Gasteiger partial charge in [-0.1, -0.05) is 287 Å². The monoisotopic (exact) mass is 1090 g/mol. The van der Waals surface area contributed by atoms with Gasteiger partial charge in [0, 0.05) is 19.4 Å². The first-order chi connectivity index (χ1) is 37.3. The molecule has 446 valence electrons. The fraction of sp³-hybridized carbons (Fsp3) is 0.848. The van der Waals surface area contributed by atoms with E-state index >= 15 is 0 Å². The highest BCUT2D eigenvalue weighted by Gasteiger charge is 2.26. The second kappa shape index (κ2) is 62.2. The number of esters is 2. The normalized spacial score (nSPS) is 13.3. The third-order valence-electron chi connectivity index (χ3n) is 14.4. The van der Waals surface area contributed by atoms with Gasteiger partial charge in [0.15, 0.2) is 6.10 Å². The van der Waals surface area contributed by atoms with Crippen LogP contribution < -0.4 is 5.73 Å². The highest BCUT2D eigenvalue weighted by Crippen LogP contribution is 2.43. The van der Waals surface area contributed by atoms with E-state index in [0.717, 1.165) is 51.4 Å². The first kappa shape index (κ1) is 74.0. The van der Waals surface area contributed by atoms with Crippen molar-refractivity contribution in [2.24, 2.45) is 5.73 Å². The zero-order valence-corrected chi connectivity index (χ0v) is 50.9. The van der Waals surface area contributed by atoms with Crippen LogP contribution in [0.3, 0.4) is 0 Å². The minimum atomic E-state index is -4.39. The minimum absolute atomic E-state index is 0.0541. The van der Waals surface area contributed by atoms with E-state index in [9.17, 15) is 19.0 Å². The summed E-state index contributed by atoms with van der Waals surface area (Å²) < 4.78 is 33.1. The molecule has 0 aromatic heterocycles. The summed E-state index contributed by atoms with van der Waals surface area (Å²) in [6.07, 6.45) is 77.7. The molecule has 0 amide bonds. The Labute approximate surface area is 470 Å². The molecule has 0 aromatic carbocycles. The number of hydrogen-bond acceptors (Lipinski definition) is 8. The third kappa shape index (κ3) is 61.2. The standard InChI is InChI=1S/C66H124NO8P/c1-3-5-7-9-11-13-15-17-19-21-23-24-25-26-27-28-29-30-31-32-33-34-35-36-37-38-39-40-41-43-45-47-49-51-53-55-57-59-66(69)75-64(63-74-76(70,71)73-61-60-67)62-72-65(68)58-56-54-52-50-48-46-44-42-22-20-18-16-14-12-10-8-6-4-2/h15,17,20-23,25-26,64H,3-14,16,18-19,24,27-63,67H2,1-2H3,(H,70,71)/b17-15-,22-20-,23-21-,26-25-. The van der Waals surface area contributed by atoms with Crippen LogP contribution in [-0.2, 0) is 32.7 Å². The first-order valence-electron chi connectivity index (χ1n) is 32.6. The molecule has 9 nitrogen and oxygen atoms in total. The van der Waals surface area contributed by atoms with E-state index in [-0.39, 0.29) is 38.6 Å². The highest BCUT2D eigenvalue weighted by molar-refractivity contribution is 7.47. The number of phosphoric ester groups is 1. The molecule has 0 aliphatic rings. The Morgan fingerprint density at radius 1 is 0.395 bits per heavy atom. The zero-order valence-electron chi connectivity index (χ0n) is 50.0. The molecule has 10 heteroatoms. The van der Waals surface area contributed by atoms with Gasteiger partial charge in [0.25, 0.3) is 0 Å². The number of carbonyl (C=O) groups excluding carboxylic acids is 2. The molecular formula is C66H124NO8P. The van der Waals surface area contributed by atoms with E-state index in [1.54, 1.807) is 0 Å². The molecule has 0 aromatic rings. The van der Waals surface area contributed by atoms with Gasteiger partial charge in [-0.05, 0) is 77.0 Å². The van der Waals surface area contributed by atoms with Crippen molar-refractivity contribution in [1.82, 2.24) is 0 Å². The Morgan fingerprint density at radius 3 is 1.03 bits per heavy atom. The van der Waals surface area contributed by atoms with Crippen LogP contribution in [0.15, 0.2) is 48.6 Å². The van der Waals surface area contributed by atoms with Gasteiger partial charge >= 0.3 is 19.8 Å². The van der Waals surface area contributed by atoms with Crippen molar-refractivity contribution in [2.45, 2.75) is 335 Å². The van der Waals surface area contributed by atoms with Crippen LogP contribution in [0.25, 0.3) is 0 Å². The number of ether oxygens (including phenoxy) is 2. The first-order valence-corrected chi connectivity index (χ1v) is 34.1. The maximum Gasteiger partial charge on any atom is 0.472 e. The summed E-state index contributed by atoms with van der Waals surface area (Å²) in [5.74, 6) is -0.817. The molecular weight excluding hydrogens is 966 g/mol. The summed E-state index contributed by atoms with van der Waals surface area (Å²) in [5.41, 5.74) is 5.39. The summed E-state index contributed by atoms with van der Waals surface area (Å²) in [6, 6.07) is 0. The van der Waals surface area contributed by atoms with Gasteiger partial charge in [0.2, 0.25) is 0 Å². The highest BCUT2D eigenvalue weighted by atomic mass is 31.2. The molecule has 0 aliphatic carbocycles. The molecule has 0 saturated carbocycles. The number of carbonyl (C=O) groups is 2. The van der Waals surface area contributed by atoms with Crippen molar-refractivity contribution in [1.29, 1.82) is 0 Å². The molecule has 0 spiro atoms. The van der Waals surface area contributed by atoms with E-state index in [2.05, 4.69) is 62.5 Å². The molecule has 0 rings (SSSR count). The van der Waals surface area contributed by atoms with Crippen molar-refractivity contribution in [2.75, 3.05) is 26.4 Å². The number of nitrogens with two attached hydrogens (primary N) is 1. The number of allylic oxidation sites excluding steroid dienone is 8. The molecule has 0 radical (unpaired) electrons. The molecule has 0 saturated heterocycles. The lowest BCUT2D eigenvalue weighted by atomic mass is 10.0. The number of hydrogen-bond donors (Lipinski definition) is 2. The molecule has 0 heterocycles. The average Bonchev–Trinajstić information content (AvgIpc) is 3.41. The number of phosphoric acid groups is 1. The van der Waals surface area contributed by atoms with Gasteiger partial charge in [-0.25, -0.2) is 4.57 Å². The van der Waals surface area contributed by atoms with E-state index in [1.165, 1.54) is 244 Å². The van der Waals surface area contributed by atoms with Gasteiger partial charge in [0.05, 0.1) is 13.2 Å². The molecule has 0 aliphatic heterocycles. The van der Waals surface area contributed by atoms with Gasteiger partial charge in [-0.15, -0.1) is 0 Å². The fourth-order valence-electron chi connectivity index (χ4n) is 9.58. The lowest BCUT2D eigenvalue weighted by molar-refractivity contribution is -0.161. The van der Waals surface area contributed by atoms with Crippen LogP contribution in [0.5, 0.6) is 0 Å². The van der Waals surface area contributed by atoms with Crippen LogP contribution in [0, 0.1) is 0 Å². The van der Waals surface area contributed by atoms with Crippen LogP contribution in [-0.4, -0.2) is 49.3 Å². The lowest BCUT2D eigenvalue weighted by Gasteiger charge is -2.19. The minimum Gasteiger partial charge on any atom is -0.462 e. The predicted molar refractivity (Wildman–Crippen MR) is 326 cm³/mol. The predicted octanol–water partition coefficient (Wildman–Crippen LogP) is 20.9. The Morgan fingerprint density at radius 2 is 0.684 bits per heavy atom. The number of rotatable bonds is 62. The van der Waals surface area contributed by atoms with E-state index in [0.29, 0.717) is 6.42 Å². The summed E-state index contributed by atoms with van der Waals surface area (Å²) in [7, 11) is -4.39. The number of unbranched alkanes of at least 4 members (excludes halogenated alkanes) is 41. The molecule has 0 fully saturated rings. The third-order valence-corrected chi connectivity index (χ3v) is 15.4. The van der Waals surface area contributed by atoms with Crippen molar-refractivity contribution < 1.29 is 37.6 Å². The second-order valence-electron chi connectivity index (χ2n) is 22.0. The maximum atomic E-state index is 12.7. The second-order valence-corrected chi connectivity index (χ2v) is 23.4. The summed E-state index contributed by atoms with van der Waals surface area (Å²) in [4.78, 5) is 35.2. The smallest absolute Gasteiger partial charge is 0.462 e. The van der Waals surface area contributed by atoms with Crippen LogP contribution in [0.1, 0.15) is 328 Å². The molecule has 76 heavy (non-hydrogen) atoms. The maximum absolute atomic E-state index is 12.7. The van der Waals surface area contributed by atoms with Crippen LogP contribution in [0.4, 0.5) is 0 Å². The lowest BCUT2D eigenvalue weighted by Crippen LogP contribution is -2.29. The van der Waals surface area contributed by atoms with Crippen molar-refractivity contribution in [3.05, 3.63) is 48.6 Å². The summed E-state index contributed by atoms with van der Waals surface area (Å²) in [5, 5.41) is 0. The zero-order chi connectivity index (χ0) is 55.2. The fourth-order valence-corrected chi connectivity index (χ4v) is 10.3. The quantitative estimate of drug-likeness (QED) is 0.0264. The Hall–Kier alpha value is -2.03. The Balaban J connectivity index is 3.81. The van der Waals surface area contributed by atoms with Crippen LogP contribution >= 0.6 is 7.82 Å². The largest absolute Gasteiger partial charge is 0.472 e.